The highest BCUT2D eigenvalue weighted by Gasteiger charge is 2.27. The topological polar surface area (TPSA) is 92.5 Å². The molecule has 1 fully saturated rings. The van der Waals surface area contributed by atoms with E-state index in [9.17, 15) is 13.2 Å². The van der Waals surface area contributed by atoms with Crippen LogP contribution in [0.3, 0.4) is 0 Å². The Labute approximate surface area is 119 Å². The highest BCUT2D eigenvalue weighted by atomic mass is 32.2. The normalized spacial score (nSPS) is 15.3. The first kappa shape index (κ1) is 15.0. The van der Waals surface area contributed by atoms with E-state index in [1.165, 1.54) is 12.1 Å². The molecule has 0 unspecified atom stereocenters. The first-order valence-corrected chi connectivity index (χ1v) is 7.99. The molecule has 1 aliphatic carbocycles. The van der Waals surface area contributed by atoms with Crippen LogP contribution in [-0.2, 0) is 21.4 Å². The number of hydrogen-bond acceptors (Lipinski definition) is 4. The van der Waals surface area contributed by atoms with Crippen LogP contribution in [-0.4, -0.2) is 38.9 Å². The van der Waals surface area contributed by atoms with Gasteiger partial charge in [-0.05, 0) is 37.6 Å². The average molecular weight is 297 g/mol. The molecule has 1 aromatic carbocycles. The number of amides is 1. The molecule has 1 aromatic rings. The van der Waals surface area contributed by atoms with Gasteiger partial charge in [-0.3, -0.25) is 9.69 Å². The smallest absolute Gasteiger partial charge is 0.238 e. The molecule has 1 aliphatic rings. The second kappa shape index (κ2) is 5.90. The van der Waals surface area contributed by atoms with Gasteiger partial charge in [0, 0.05) is 12.6 Å². The number of sulfonamides is 1. The fourth-order valence-corrected chi connectivity index (χ4v) is 2.54. The minimum atomic E-state index is -3.71. The number of nitrogens with one attached hydrogen (secondary N) is 1. The van der Waals surface area contributed by atoms with Crippen molar-refractivity contribution >= 4 is 15.9 Å². The van der Waals surface area contributed by atoms with Gasteiger partial charge in [-0.2, -0.15) is 0 Å². The van der Waals surface area contributed by atoms with Crippen molar-refractivity contribution in [1.82, 2.24) is 10.2 Å². The van der Waals surface area contributed by atoms with Crippen molar-refractivity contribution in [3.05, 3.63) is 29.8 Å². The second-order valence-corrected chi connectivity index (χ2v) is 6.68. The van der Waals surface area contributed by atoms with Crippen LogP contribution < -0.4 is 10.5 Å². The van der Waals surface area contributed by atoms with E-state index in [1.54, 1.807) is 12.1 Å². The highest BCUT2D eigenvalue weighted by Crippen LogP contribution is 2.24. The van der Waals surface area contributed by atoms with Crippen molar-refractivity contribution in [3.63, 3.8) is 0 Å². The third-order valence-corrected chi connectivity index (χ3v) is 4.19. The van der Waals surface area contributed by atoms with Gasteiger partial charge in [0.2, 0.25) is 15.9 Å². The lowest BCUT2D eigenvalue weighted by Crippen LogP contribution is -2.35. The Kier molecular flexibility index (Phi) is 4.42. The Morgan fingerprint density at radius 2 is 2.15 bits per heavy atom. The Morgan fingerprint density at radius 1 is 1.45 bits per heavy atom. The summed E-state index contributed by atoms with van der Waals surface area (Å²) in [6.07, 6.45) is 2.31. The fraction of sp³-hybridized carbons (Fsp3) is 0.462. The maximum atomic E-state index is 11.7. The minimum absolute atomic E-state index is 0.0550. The fourth-order valence-electron chi connectivity index (χ4n) is 1.96. The molecule has 3 N–H and O–H groups in total. The first-order valence-electron chi connectivity index (χ1n) is 6.45. The summed E-state index contributed by atoms with van der Waals surface area (Å²) in [5.41, 5.74) is 0.707. The molecule has 0 aromatic heterocycles. The van der Waals surface area contributed by atoms with E-state index in [0.29, 0.717) is 24.7 Å². The van der Waals surface area contributed by atoms with Crippen molar-refractivity contribution in [3.8, 4) is 0 Å². The molecule has 110 valence electrons. The summed E-state index contributed by atoms with van der Waals surface area (Å²) in [4.78, 5) is 13.8. The third kappa shape index (κ3) is 4.29. The zero-order valence-electron chi connectivity index (χ0n) is 11.4. The van der Waals surface area contributed by atoms with Gasteiger partial charge in [-0.25, -0.2) is 13.6 Å². The number of carbonyl (C=O) groups is 1. The number of nitrogens with zero attached hydrogens (tertiary/aromatic N) is 1. The van der Waals surface area contributed by atoms with Crippen molar-refractivity contribution in [1.29, 1.82) is 0 Å². The molecule has 0 atom stereocenters. The summed E-state index contributed by atoms with van der Waals surface area (Å²) in [6, 6.07) is 6.80. The van der Waals surface area contributed by atoms with E-state index < -0.39 is 10.0 Å². The van der Waals surface area contributed by atoms with Crippen molar-refractivity contribution in [2.24, 2.45) is 5.14 Å². The van der Waals surface area contributed by atoms with Gasteiger partial charge in [0.15, 0.2) is 0 Å². The molecule has 0 saturated heterocycles. The average Bonchev–Trinajstić information content (AvgIpc) is 3.20. The van der Waals surface area contributed by atoms with Crippen LogP contribution in [0.15, 0.2) is 29.2 Å². The molecule has 7 heteroatoms. The third-order valence-electron chi connectivity index (χ3n) is 3.28. The van der Waals surface area contributed by atoms with Crippen LogP contribution >= 0.6 is 0 Å². The van der Waals surface area contributed by atoms with Gasteiger partial charge < -0.3 is 5.32 Å². The van der Waals surface area contributed by atoms with E-state index >= 15 is 0 Å². The predicted molar refractivity (Wildman–Crippen MR) is 75.3 cm³/mol. The van der Waals surface area contributed by atoms with Crippen LogP contribution in [0, 0.1) is 0 Å². The van der Waals surface area contributed by atoms with Crippen molar-refractivity contribution in [2.45, 2.75) is 30.3 Å². The number of benzene rings is 1. The summed E-state index contributed by atoms with van der Waals surface area (Å²) in [7, 11) is -1.78. The summed E-state index contributed by atoms with van der Waals surface area (Å²) < 4.78 is 22.5. The molecular weight excluding hydrogens is 278 g/mol. The number of hydrogen-bond donors (Lipinski definition) is 2. The van der Waals surface area contributed by atoms with Gasteiger partial charge in [0.1, 0.15) is 0 Å². The van der Waals surface area contributed by atoms with E-state index in [-0.39, 0.29) is 10.8 Å². The molecule has 2 rings (SSSR count). The van der Waals surface area contributed by atoms with Crippen molar-refractivity contribution < 1.29 is 13.2 Å². The Bertz CT molecular complexity index is 597. The first-order chi connectivity index (χ1) is 9.36. The molecule has 0 aliphatic heterocycles. The summed E-state index contributed by atoms with van der Waals surface area (Å²) in [5, 5.41) is 7.84. The van der Waals surface area contributed by atoms with Crippen LogP contribution in [0.4, 0.5) is 0 Å². The quantitative estimate of drug-likeness (QED) is 0.775. The van der Waals surface area contributed by atoms with Crippen LogP contribution in [0.25, 0.3) is 0 Å². The van der Waals surface area contributed by atoms with Gasteiger partial charge in [-0.1, -0.05) is 12.1 Å². The van der Waals surface area contributed by atoms with Crippen LogP contribution in [0.2, 0.25) is 0 Å². The zero-order chi connectivity index (χ0) is 14.8. The molecule has 1 amide bonds. The maximum Gasteiger partial charge on any atom is 0.238 e. The lowest BCUT2D eigenvalue weighted by atomic mass is 10.2. The summed E-state index contributed by atoms with van der Waals surface area (Å²) in [6.45, 7) is 0.653. The van der Waals surface area contributed by atoms with Crippen molar-refractivity contribution in [2.75, 3.05) is 13.6 Å². The van der Waals surface area contributed by atoms with E-state index in [1.807, 2.05) is 11.9 Å². The van der Waals surface area contributed by atoms with E-state index in [2.05, 4.69) is 5.32 Å². The molecule has 20 heavy (non-hydrogen) atoms. The Hall–Kier alpha value is -1.44. The minimum Gasteiger partial charge on any atom is -0.351 e. The number of rotatable bonds is 6. The monoisotopic (exact) mass is 297 g/mol. The second-order valence-electron chi connectivity index (χ2n) is 5.12. The molecule has 1 saturated carbocycles. The maximum absolute atomic E-state index is 11.7. The SMILES string of the molecule is CN(CC(=O)NCc1cccc(S(N)(=O)=O)c1)C1CC1. The molecular formula is C13H19N3O3S. The number of primary sulfonamides is 1. The summed E-state index contributed by atoms with van der Waals surface area (Å²) in [5.74, 6) is -0.0691. The van der Waals surface area contributed by atoms with Crippen LogP contribution in [0.5, 0.6) is 0 Å². The van der Waals surface area contributed by atoms with Gasteiger partial charge in [-0.15, -0.1) is 0 Å². The van der Waals surface area contributed by atoms with E-state index in [0.717, 1.165) is 12.8 Å². The summed E-state index contributed by atoms with van der Waals surface area (Å²) >= 11 is 0. The van der Waals surface area contributed by atoms with Gasteiger partial charge >= 0.3 is 0 Å². The zero-order valence-corrected chi connectivity index (χ0v) is 12.2. The molecule has 0 heterocycles. The lowest BCUT2D eigenvalue weighted by molar-refractivity contribution is -0.122. The highest BCUT2D eigenvalue weighted by molar-refractivity contribution is 7.89. The standard InChI is InChI=1S/C13H19N3O3S/c1-16(11-5-6-11)9-13(17)15-8-10-3-2-4-12(7-10)20(14,18)19/h2-4,7,11H,5-6,8-9H2,1H3,(H,15,17)(H2,14,18,19). The molecule has 0 spiro atoms. The molecule has 0 radical (unpaired) electrons. The number of nitrogens with two attached hydrogens (primary N) is 1. The number of likely N-dealkylation sites (N-methyl/N-ethyl adjacent to an activating group) is 1. The van der Waals surface area contributed by atoms with Gasteiger partial charge in [0.25, 0.3) is 0 Å². The largest absolute Gasteiger partial charge is 0.351 e. The van der Waals surface area contributed by atoms with Gasteiger partial charge in [0.05, 0.1) is 11.4 Å². The Balaban J connectivity index is 1.88. The molecule has 0 bridgehead atoms. The van der Waals surface area contributed by atoms with Crippen LogP contribution in [0.1, 0.15) is 18.4 Å². The Morgan fingerprint density at radius 3 is 2.75 bits per heavy atom. The predicted octanol–water partition coefficient (Wildman–Crippen LogP) is 0.0444. The number of carbonyl (C=O) groups excluding carboxylic acids is 1. The van der Waals surface area contributed by atoms with E-state index in [4.69, 9.17) is 5.14 Å². The molecule has 6 nitrogen and oxygen atoms in total. The lowest BCUT2D eigenvalue weighted by Gasteiger charge is -2.15.